The van der Waals surface area contributed by atoms with Gasteiger partial charge in [-0.3, -0.25) is 4.79 Å². The van der Waals surface area contributed by atoms with Gasteiger partial charge in [0.15, 0.2) is 0 Å². The molecule has 1 rings (SSSR count). The maximum absolute atomic E-state index is 12.0. The first-order chi connectivity index (χ1) is 9.22. The zero-order chi connectivity index (χ0) is 15.3. The largest absolute Gasteiger partial charge is 0.391 e. The Morgan fingerprint density at radius 2 is 1.80 bits per heavy atom. The van der Waals surface area contributed by atoms with Crippen LogP contribution in [0.2, 0.25) is 0 Å². The summed E-state index contributed by atoms with van der Waals surface area (Å²) in [6.45, 7) is 4.95. The van der Waals surface area contributed by atoms with E-state index in [2.05, 4.69) is 10.0 Å². The second kappa shape index (κ2) is 6.83. The minimum atomic E-state index is -3.66. The highest BCUT2D eigenvalue weighted by atomic mass is 32.2. The Morgan fingerprint density at radius 3 is 2.25 bits per heavy atom. The van der Waals surface area contributed by atoms with E-state index in [1.165, 1.54) is 31.2 Å². The van der Waals surface area contributed by atoms with Gasteiger partial charge in [-0.15, -0.1) is 0 Å². The van der Waals surface area contributed by atoms with E-state index in [1.54, 1.807) is 13.8 Å². The van der Waals surface area contributed by atoms with Crippen LogP contribution in [0.3, 0.4) is 0 Å². The van der Waals surface area contributed by atoms with Crippen molar-refractivity contribution in [2.75, 3.05) is 11.9 Å². The predicted molar refractivity (Wildman–Crippen MR) is 76.8 cm³/mol. The number of nitrogens with one attached hydrogen (secondary N) is 2. The third-order valence-corrected chi connectivity index (χ3v) is 4.18. The summed E-state index contributed by atoms with van der Waals surface area (Å²) in [4.78, 5) is 11.0. The number of hydrogen-bond acceptors (Lipinski definition) is 4. The van der Waals surface area contributed by atoms with Crippen molar-refractivity contribution in [2.45, 2.75) is 31.8 Å². The van der Waals surface area contributed by atoms with Gasteiger partial charge in [0.2, 0.25) is 15.9 Å². The van der Waals surface area contributed by atoms with Gasteiger partial charge >= 0.3 is 0 Å². The van der Waals surface area contributed by atoms with Gasteiger partial charge in [-0.25, -0.2) is 13.1 Å². The molecule has 0 saturated heterocycles. The lowest BCUT2D eigenvalue weighted by Crippen LogP contribution is -2.34. The highest BCUT2D eigenvalue weighted by Crippen LogP contribution is 2.14. The summed E-state index contributed by atoms with van der Waals surface area (Å²) in [7, 11) is -3.66. The summed E-state index contributed by atoms with van der Waals surface area (Å²) < 4.78 is 26.3. The number of aliphatic hydroxyl groups excluding tert-OH is 1. The van der Waals surface area contributed by atoms with E-state index in [0.717, 1.165) is 0 Å². The molecule has 112 valence electrons. The molecule has 7 heteroatoms. The van der Waals surface area contributed by atoms with Crippen molar-refractivity contribution in [3.63, 3.8) is 0 Å². The molecule has 0 aliphatic rings. The first-order valence-electron chi connectivity index (χ1n) is 6.28. The minimum absolute atomic E-state index is 0.0279. The summed E-state index contributed by atoms with van der Waals surface area (Å²) in [5.41, 5.74) is 0.527. The SMILES string of the molecule is CC(=O)Nc1ccc(S(=O)(=O)NCC(O)C(C)C)cc1. The Kier molecular flexibility index (Phi) is 5.67. The van der Waals surface area contributed by atoms with Crippen LogP contribution in [0.5, 0.6) is 0 Å². The number of carbonyl (C=O) groups is 1. The quantitative estimate of drug-likeness (QED) is 0.728. The zero-order valence-corrected chi connectivity index (χ0v) is 12.6. The molecule has 0 radical (unpaired) electrons. The number of hydrogen-bond donors (Lipinski definition) is 3. The van der Waals surface area contributed by atoms with E-state index in [9.17, 15) is 18.3 Å². The summed E-state index contributed by atoms with van der Waals surface area (Å²) in [6.07, 6.45) is -0.733. The van der Waals surface area contributed by atoms with E-state index in [-0.39, 0.29) is 23.3 Å². The first-order valence-corrected chi connectivity index (χ1v) is 7.76. The van der Waals surface area contributed by atoms with Crippen LogP contribution in [0.25, 0.3) is 0 Å². The molecule has 0 fully saturated rings. The van der Waals surface area contributed by atoms with E-state index < -0.39 is 16.1 Å². The summed E-state index contributed by atoms with van der Waals surface area (Å²) in [5, 5.41) is 12.2. The fraction of sp³-hybridized carbons (Fsp3) is 0.462. The van der Waals surface area contributed by atoms with Crippen molar-refractivity contribution < 1.29 is 18.3 Å². The monoisotopic (exact) mass is 300 g/mol. The number of benzene rings is 1. The second-order valence-electron chi connectivity index (χ2n) is 4.87. The van der Waals surface area contributed by atoms with Crippen LogP contribution in [0, 0.1) is 5.92 Å². The van der Waals surface area contributed by atoms with Gasteiger partial charge in [-0.2, -0.15) is 0 Å². The molecule has 0 saturated carbocycles. The average molecular weight is 300 g/mol. The Morgan fingerprint density at radius 1 is 1.25 bits per heavy atom. The molecule has 1 atom stereocenters. The second-order valence-corrected chi connectivity index (χ2v) is 6.64. The van der Waals surface area contributed by atoms with Crippen LogP contribution in [0.4, 0.5) is 5.69 Å². The normalized spacial score (nSPS) is 13.2. The third kappa shape index (κ3) is 4.92. The molecular weight excluding hydrogens is 280 g/mol. The van der Waals surface area contributed by atoms with Gasteiger partial charge < -0.3 is 10.4 Å². The molecule has 0 bridgehead atoms. The van der Waals surface area contributed by atoms with Crippen molar-refractivity contribution in [1.82, 2.24) is 4.72 Å². The molecule has 1 aromatic carbocycles. The number of anilines is 1. The molecule has 0 aliphatic carbocycles. The van der Waals surface area contributed by atoms with Crippen LogP contribution in [-0.2, 0) is 14.8 Å². The van der Waals surface area contributed by atoms with Gasteiger partial charge in [0, 0.05) is 19.2 Å². The lowest BCUT2D eigenvalue weighted by molar-refractivity contribution is -0.114. The molecule has 0 spiro atoms. The standard InChI is InChI=1S/C13H20N2O4S/c1-9(2)13(17)8-14-20(18,19)12-6-4-11(5-7-12)15-10(3)16/h4-7,9,13-14,17H,8H2,1-3H3,(H,15,16). The molecule has 20 heavy (non-hydrogen) atoms. The van der Waals surface area contributed by atoms with E-state index in [4.69, 9.17) is 0 Å². The Hall–Kier alpha value is -1.44. The van der Waals surface area contributed by atoms with E-state index >= 15 is 0 Å². The van der Waals surface area contributed by atoms with Crippen LogP contribution in [0.1, 0.15) is 20.8 Å². The molecule has 0 aromatic heterocycles. The average Bonchev–Trinajstić information content (AvgIpc) is 2.35. The Balaban J connectivity index is 2.75. The summed E-state index contributed by atoms with van der Waals surface area (Å²) in [5.74, 6) is -0.251. The minimum Gasteiger partial charge on any atom is -0.391 e. The molecule has 1 unspecified atom stereocenters. The van der Waals surface area contributed by atoms with Crippen LogP contribution < -0.4 is 10.0 Å². The maximum Gasteiger partial charge on any atom is 0.240 e. The number of sulfonamides is 1. The van der Waals surface area contributed by atoms with Crippen molar-refractivity contribution in [3.8, 4) is 0 Å². The summed E-state index contributed by atoms with van der Waals surface area (Å²) in [6, 6.07) is 5.81. The van der Waals surface area contributed by atoms with Crippen LogP contribution in [-0.4, -0.2) is 32.1 Å². The molecule has 6 nitrogen and oxygen atoms in total. The van der Waals surface area contributed by atoms with Gasteiger partial charge in [0.1, 0.15) is 0 Å². The number of rotatable bonds is 6. The third-order valence-electron chi connectivity index (χ3n) is 2.74. The molecule has 0 aliphatic heterocycles. The lowest BCUT2D eigenvalue weighted by atomic mass is 10.1. The molecule has 3 N–H and O–H groups in total. The molecule has 1 amide bonds. The Bertz CT molecular complexity index is 552. The zero-order valence-electron chi connectivity index (χ0n) is 11.8. The number of aliphatic hydroxyl groups is 1. The highest BCUT2D eigenvalue weighted by Gasteiger charge is 2.17. The van der Waals surface area contributed by atoms with Crippen molar-refractivity contribution >= 4 is 21.6 Å². The smallest absolute Gasteiger partial charge is 0.240 e. The fourth-order valence-corrected chi connectivity index (χ4v) is 2.49. The number of carbonyl (C=O) groups excluding carboxylic acids is 1. The van der Waals surface area contributed by atoms with E-state index in [1.807, 2.05) is 0 Å². The van der Waals surface area contributed by atoms with Gasteiger partial charge in [0.25, 0.3) is 0 Å². The Labute approximate surface area is 119 Å². The molecule has 0 heterocycles. The number of amides is 1. The van der Waals surface area contributed by atoms with Crippen molar-refractivity contribution in [2.24, 2.45) is 5.92 Å². The topological polar surface area (TPSA) is 95.5 Å². The lowest BCUT2D eigenvalue weighted by Gasteiger charge is -2.15. The first kappa shape index (κ1) is 16.6. The van der Waals surface area contributed by atoms with Crippen LogP contribution in [0.15, 0.2) is 29.2 Å². The predicted octanol–water partition coefficient (Wildman–Crippen LogP) is 0.940. The van der Waals surface area contributed by atoms with Gasteiger partial charge in [0.05, 0.1) is 11.0 Å². The van der Waals surface area contributed by atoms with Gasteiger partial charge in [-0.1, -0.05) is 13.8 Å². The van der Waals surface area contributed by atoms with E-state index in [0.29, 0.717) is 5.69 Å². The van der Waals surface area contributed by atoms with Crippen molar-refractivity contribution in [1.29, 1.82) is 0 Å². The van der Waals surface area contributed by atoms with Crippen molar-refractivity contribution in [3.05, 3.63) is 24.3 Å². The highest BCUT2D eigenvalue weighted by molar-refractivity contribution is 7.89. The maximum atomic E-state index is 12.0. The summed E-state index contributed by atoms with van der Waals surface area (Å²) >= 11 is 0. The molecule has 1 aromatic rings. The fourth-order valence-electron chi connectivity index (χ4n) is 1.43. The molecular formula is C13H20N2O4S. The van der Waals surface area contributed by atoms with Gasteiger partial charge in [-0.05, 0) is 30.2 Å². The van der Waals surface area contributed by atoms with Crippen LogP contribution >= 0.6 is 0 Å².